The molecule has 1 aliphatic rings. The highest BCUT2D eigenvalue weighted by atomic mass is 32.2. The first-order valence-electron chi connectivity index (χ1n) is 6.60. The molecule has 0 bridgehead atoms. The number of hydrogen-bond donors (Lipinski definition) is 1. The monoisotopic (exact) mass is 306 g/mol. The van der Waals surface area contributed by atoms with E-state index in [1.54, 1.807) is 30.5 Å². The minimum atomic E-state index is -3.85. The van der Waals surface area contributed by atoms with Gasteiger partial charge >= 0.3 is 5.97 Å². The number of carboxylic acid groups (broad SMARTS) is 1. The van der Waals surface area contributed by atoms with E-state index in [2.05, 4.69) is 4.98 Å². The predicted molar refractivity (Wildman–Crippen MR) is 76.3 cm³/mol. The molecule has 0 spiro atoms. The summed E-state index contributed by atoms with van der Waals surface area (Å²) in [6.07, 6.45) is 2.49. The summed E-state index contributed by atoms with van der Waals surface area (Å²) >= 11 is 0. The highest BCUT2D eigenvalue weighted by Gasteiger charge is 2.39. The first kappa shape index (κ1) is 14.0. The van der Waals surface area contributed by atoms with Crippen molar-refractivity contribution in [2.75, 3.05) is 6.54 Å². The van der Waals surface area contributed by atoms with E-state index in [-0.39, 0.29) is 11.4 Å². The molecule has 6 nitrogen and oxygen atoms in total. The zero-order valence-electron chi connectivity index (χ0n) is 11.1. The second kappa shape index (κ2) is 5.09. The van der Waals surface area contributed by atoms with Crippen molar-refractivity contribution in [2.45, 2.75) is 23.8 Å². The molecule has 2 aromatic rings. The van der Waals surface area contributed by atoms with Crippen LogP contribution >= 0.6 is 0 Å². The SMILES string of the molecule is O=C(O)[C@H]1CCCN1S(=O)(=O)c1cccc2ncccc12. The van der Waals surface area contributed by atoms with Gasteiger partial charge in [-0.25, -0.2) is 8.42 Å². The van der Waals surface area contributed by atoms with Crippen LogP contribution in [0.4, 0.5) is 0 Å². The van der Waals surface area contributed by atoms with Crippen molar-refractivity contribution in [1.29, 1.82) is 0 Å². The predicted octanol–water partition coefficient (Wildman–Crippen LogP) is 1.47. The van der Waals surface area contributed by atoms with E-state index in [1.165, 1.54) is 6.07 Å². The van der Waals surface area contributed by atoms with E-state index >= 15 is 0 Å². The number of fused-ring (bicyclic) bond motifs is 1. The highest BCUT2D eigenvalue weighted by molar-refractivity contribution is 7.89. The number of aliphatic carboxylic acids is 1. The molecule has 7 heteroatoms. The largest absolute Gasteiger partial charge is 0.480 e. The highest BCUT2D eigenvalue weighted by Crippen LogP contribution is 2.30. The molecule has 1 aliphatic heterocycles. The first-order valence-corrected chi connectivity index (χ1v) is 8.04. The van der Waals surface area contributed by atoms with E-state index in [9.17, 15) is 18.3 Å². The molecule has 3 rings (SSSR count). The van der Waals surface area contributed by atoms with Crippen LogP contribution in [-0.4, -0.2) is 41.4 Å². The molecule has 1 aromatic carbocycles. The van der Waals surface area contributed by atoms with Gasteiger partial charge < -0.3 is 5.11 Å². The Balaban J connectivity index is 2.15. The van der Waals surface area contributed by atoms with Crippen molar-refractivity contribution in [3.63, 3.8) is 0 Å². The van der Waals surface area contributed by atoms with Crippen LogP contribution in [0.15, 0.2) is 41.4 Å². The zero-order valence-corrected chi connectivity index (χ0v) is 12.0. The lowest BCUT2D eigenvalue weighted by Gasteiger charge is -2.21. The van der Waals surface area contributed by atoms with Gasteiger partial charge in [-0.05, 0) is 37.1 Å². The maximum Gasteiger partial charge on any atom is 0.322 e. The second-order valence-corrected chi connectivity index (χ2v) is 6.80. The Morgan fingerprint density at radius 1 is 1.29 bits per heavy atom. The molecule has 1 aromatic heterocycles. The number of nitrogens with zero attached hydrogens (tertiary/aromatic N) is 2. The number of sulfonamides is 1. The Labute approximate surface area is 122 Å². The van der Waals surface area contributed by atoms with Gasteiger partial charge in [-0.2, -0.15) is 4.31 Å². The van der Waals surface area contributed by atoms with Crippen LogP contribution in [-0.2, 0) is 14.8 Å². The fourth-order valence-corrected chi connectivity index (χ4v) is 4.55. The summed E-state index contributed by atoms with van der Waals surface area (Å²) in [5, 5.41) is 9.70. The van der Waals surface area contributed by atoms with Gasteiger partial charge in [0.25, 0.3) is 0 Å². The van der Waals surface area contributed by atoms with Gasteiger partial charge in [0, 0.05) is 18.1 Å². The Bertz CT molecular complexity index is 798. The molecule has 0 aliphatic carbocycles. The minimum absolute atomic E-state index is 0.112. The molecule has 2 heterocycles. The summed E-state index contributed by atoms with van der Waals surface area (Å²) in [4.78, 5) is 15.5. The number of hydrogen-bond acceptors (Lipinski definition) is 4. The minimum Gasteiger partial charge on any atom is -0.480 e. The van der Waals surface area contributed by atoms with Crippen LogP contribution in [0.5, 0.6) is 0 Å². The summed E-state index contributed by atoms with van der Waals surface area (Å²) in [5.41, 5.74) is 0.574. The maximum absolute atomic E-state index is 12.8. The van der Waals surface area contributed by atoms with Crippen molar-refractivity contribution in [2.24, 2.45) is 0 Å². The van der Waals surface area contributed by atoms with E-state index < -0.39 is 22.0 Å². The van der Waals surface area contributed by atoms with E-state index in [0.717, 1.165) is 4.31 Å². The Hall–Kier alpha value is -1.99. The average molecular weight is 306 g/mol. The van der Waals surface area contributed by atoms with Crippen molar-refractivity contribution < 1.29 is 18.3 Å². The van der Waals surface area contributed by atoms with Crippen LogP contribution in [0.1, 0.15) is 12.8 Å². The van der Waals surface area contributed by atoms with Gasteiger partial charge in [0.2, 0.25) is 10.0 Å². The van der Waals surface area contributed by atoms with Gasteiger partial charge in [-0.1, -0.05) is 6.07 Å². The van der Waals surface area contributed by atoms with E-state index in [1.807, 2.05) is 0 Å². The molecule has 1 atom stereocenters. The molecular weight excluding hydrogens is 292 g/mol. The van der Waals surface area contributed by atoms with Gasteiger partial charge in [-0.15, -0.1) is 0 Å². The van der Waals surface area contributed by atoms with Crippen LogP contribution in [0.25, 0.3) is 10.9 Å². The fraction of sp³-hybridized carbons (Fsp3) is 0.286. The lowest BCUT2D eigenvalue weighted by atomic mass is 10.2. The summed E-state index contributed by atoms with van der Waals surface area (Å²) in [6.45, 7) is 0.232. The average Bonchev–Trinajstić information content (AvgIpc) is 2.97. The molecule has 1 fully saturated rings. The number of benzene rings is 1. The van der Waals surface area contributed by atoms with E-state index in [4.69, 9.17) is 0 Å². The van der Waals surface area contributed by atoms with Crippen LogP contribution in [0.2, 0.25) is 0 Å². The van der Waals surface area contributed by atoms with Crippen LogP contribution in [0.3, 0.4) is 0 Å². The number of carboxylic acids is 1. The standard InChI is InChI=1S/C14H14N2O4S/c17-14(18)12-6-3-9-16(12)21(19,20)13-7-1-5-11-10(13)4-2-8-15-11/h1-2,4-5,7-8,12H,3,6,9H2,(H,17,18)/t12-/m1/s1. The normalized spacial score (nSPS) is 19.9. The number of aromatic nitrogens is 1. The molecule has 0 amide bonds. The molecule has 0 unspecified atom stereocenters. The summed E-state index contributed by atoms with van der Waals surface area (Å²) < 4.78 is 26.7. The van der Waals surface area contributed by atoms with Gasteiger partial charge in [0.15, 0.2) is 0 Å². The van der Waals surface area contributed by atoms with Crippen molar-refractivity contribution >= 4 is 26.9 Å². The topological polar surface area (TPSA) is 87.6 Å². The molecule has 1 N–H and O–H groups in total. The lowest BCUT2D eigenvalue weighted by molar-refractivity contribution is -0.140. The van der Waals surface area contributed by atoms with Crippen LogP contribution in [0, 0.1) is 0 Å². The fourth-order valence-electron chi connectivity index (χ4n) is 2.70. The van der Waals surface area contributed by atoms with Crippen molar-refractivity contribution in [3.8, 4) is 0 Å². The third-order valence-corrected chi connectivity index (χ3v) is 5.65. The first-order chi connectivity index (χ1) is 10.0. The smallest absolute Gasteiger partial charge is 0.322 e. The van der Waals surface area contributed by atoms with E-state index in [0.29, 0.717) is 23.7 Å². The van der Waals surface area contributed by atoms with Gasteiger partial charge in [0.05, 0.1) is 10.4 Å². The quantitative estimate of drug-likeness (QED) is 0.928. The number of carbonyl (C=O) groups is 1. The maximum atomic E-state index is 12.8. The Kier molecular flexibility index (Phi) is 3.38. The molecule has 1 saturated heterocycles. The number of pyridine rings is 1. The van der Waals surface area contributed by atoms with Crippen molar-refractivity contribution in [3.05, 3.63) is 36.5 Å². The lowest BCUT2D eigenvalue weighted by Crippen LogP contribution is -2.40. The molecule has 21 heavy (non-hydrogen) atoms. The molecule has 0 saturated carbocycles. The Morgan fingerprint density at radius 3 is 2.86 bits per heavy atom. The molecule has 0 radical (unpaired) electrons. The third-order valence-electron chi connectivity index (χ3n) is 3.68. The third kappa shape index (κ3) is 2.28. The van der Waals surface area contributed by atoms with Crippen molar-refractivity contribution in [1.82, 2.24) is 9.29 Å². The molecule has 110 valence electrons. The van der Waals surface area contributed by atoms with Crippen LogP contribution < -0.4 is 0 Å². The second-order valence-electron chi connectivity index (χ2n) is 4.94. The summed E-state index contributed by atoms with van der Waals surface area (Å²) in [7, 11) is -3.85. The van der Waals surface area contributed by atoms with Gasteiger partial charge in [-0.3, -0.25) is 9.78 Å². The Morgan fingerprint density at radius 2 is 2.10 bits per heavy atom. The zero-order chi connectivity index (χ0) is 15.0. The molecular formula is C14H14N2O4S. The number of rotatable bonds is 3. The summed E-state index contributed by atoms with van der Waals surface area (Å²) in [6, 6.07) is 7.21. The summed E-state index contributed by atoms with van der Waals surface area (Å²) in [5.74, 6) is -1.10. The van der Waals surface area contributed by atoms with Gasteiger partial charge in [0.1, 0.15) is 6.04 Å².